The fraction of sp³-hybridized carbons (Fsp3) is 0.571. The number of carbonyl (C=O) groups is 1. The molecular weight excluding hydrogens is 244 g/mol. The van der Waals surface area contributed by atoms with Gasteiger partial charge in [0.1, 0.15) is 11.4 Å². The number of aromatic carboxylic acids is 1. The molecular formula is C14H22N2O3. The molecule has 1 aromatic rings. The second-order valence-corrected chi connectivity index (χ2v) is 4.65. The zero-order valence-electron chi connectivity index (χ0n) is 11.8. The fourth-order valence-corrected chi connectivity index (χ4v) is 2.10. The van der Waals surface area contributed by atoms with Crippen molar-refractivity contribution in [3.05, 3.63) is 22.9 Å². The summed E-state index contributed by atoms with van der Waals surface area (Å²) >= 11 is 0. The van der Waals surface area contributed by atoms with Crippen LogP contribution in [-0.4, -0.2) is 40.9 Å². The number of hydrogen-bond donors (Lipinski definition) is 2. The van der Waals surface area contributed by atoms with Crippen molar-refractivity contribution in [1.29, 1.82) is 0 Å². The van der Waals surface area contributed by atoms with E-state index in [0.29, 0.717) is 24.5 Å². The van der Waals surface area contributed by atoms with Crippen LogP contribution >= 0.6 is 0 Å². The first kappa shape index (κ1) is 15.4. The van der Waals surface area contributed by atoms with Crippen LogP contribution in [0.4, 0.5) is 5.82 Å². The number of rotatable bonds is 7. The lowest BCUT2D eigenvalue weighted by atomic mass is 10.1. The Kier molecular flexibility index (Phi) is 5.76. The summed E-state index contributed by atoms with van der Waals surface area (Å²) in [4.78, 5) is 17.6. The SMILES string of the molecule is CCCCN(CCO)c1nc(C)cc(C)c1C(=O)O. The third-order valence-electron chi connectivity index (χ3n) is 2.99. The Morgan fingerprint density at radius 2 is 2.05 bits per heavy atom. The van der Waals surface area contributed by atoms with Crippen LogP contribution in [0.3, 0.4) is 0 Å². The molecule has 0 spiro atoms. The van der Waals surface area contributed by atoms with Crippen molar-refractivity contribution in [2.45, 2.75) is 33.6 Å². The Morgan fingerprint density at radius 3 is 2.58 bits per heavy atom. The second-order valence-electron chi connectivity index (χ2n) is 4.65. The maximum Gasteiger partial charge on any atom is 0.339 e. The number of carboxylic acid groups (broad SMARTS) is 1. The van der Waals surface area contributed by atoms with Gasteiger partial charge in [0.05, 0.1) is 6.61 Å². The molecule has 0 fully saturated rings. The summed E-state index contributed by atoms with van der Waals surface area (Å²) in [5.41, 5.74) is 1.72. The van der Waals surface area contributed by atoms with Gasteiger partial charge in [0, 0.05) is 18.8 Å². The van der Waals surface area contributed by atoms with Crippen LogP contribution in [-0.2, 0) is 0 Å². The molecule has 1 heterocycles. The van der Waals surface area contributed by atoms with Crippen molar-refractivity contribution in [1.82, 2.24) is 4.98 Å². The minimum Gasteiger partial charge on any atom is -0.478 e. The van der Waals surface area contributed by atoms with Crippen molar-refractivity contribution < 1.29 is 15.0 Å². The monoisotopic (exact) mass is 266 g/mol. The lowest BCUT2D eigenvalue weighted by Crippen LogP contribution is -2.30. The number of nitrogens with zero attached hydrogens (tertiary/aromatic N) is 2. The Balaban J connectivity index is 3.22. The molecule has 0 amide bonds. The van der Waals surface area contributed by atoms with Crippen molar-refractivity contribution in [2.75, 3.05) is 24.6 Å². The predicted molar refractivity (Wildman–Crippen MR) is 74.9 cm³/mol. The number of hydrogen-bond acceptors (Lipinski definition) is 4. The lowest BCUT2D eigenvalue weighted by molar-refractivity contribution is 0.0696. The number of aliphatic hydroxyl groups is 1. The molecule has 19 heavy (non-hydrogen) atoms. The summed E-state index contributed by atoms with van der Waals surface area (Å²) in [7, 11) is 0. The van der Waals surface area contributed by atoms with Gasteiger partial charge in [-0.15, -0.1) is 0 Å². The lowest BCUT2D eigenvalue weighted by Gasteiger charge is -2.25. The molecule has 0 aromatic carbocycles. The van der Waals surface area contributed by atoms with E-state index in [1.54, 1.807) is 13.0 Å². The van der Waals surface area contributed by atoms with Gasteiger partial charge in [-0.25, -0.2) is 9.78 Å². The highest BCUT2D eigenvalue weighted by Gasteiger charge is 2.20. The van der Waals surface area contributed by atoms with E-state index >= 15 is 0 Å². The highest BCUT2D eigenvalue weighted by molar-refractivity contribution is 5.95. The van der Waals surface area contributed by atoms with E-state index in [9.17, 15) is 9.90 Å². The molecule has 0 aliphatic carbocycles. The number of unbranched alkanes of at least 4 members (excludes halogenated alkanes) is 1. The summed E-state index contributed by atoms with van der Waals surface area (Å²) in [6.45, 7) is 6.78. The molecule has 0 atom stereocenters. The minimum atomic E-state index is -0.973. The van der Waals surface area contributed by atoms with Gasteiger partial charge in [-0.2, -0.15) is 0 Å². The van der Waals surface area contributed by atoms with Gasteiger partial charge in [-0.3, -0.25) is 0 Å². The van der Waals surface area contributed by atoms with Crippen LogP contribution < -0.4 is 4.90 Å². The Morgan fingerprint density at radius 1 is 1.37 bits per heavy atom. The first-order chi connectivity index (χ1) is 9.01. The second kappa shape index (κ2) is 7.09. The highest BCUT2D eigenvalue weighted by Crippen LogP contribution is 2.23. The van der Waals surface area contributed by atoms with E-state index < -0.39 is 5.97 Å². The number of anilines is 1. The summed E-state index contributed by atoms with van der Waals surface area (Å²) in [5, 5.41) is 18.5. The number of aliphatic hydroxyl groups excluding tert-OH is 1. The van der Waals surface area contributed by atoms with E-state index in [-0.39, 0.29) is 12.2 Å². The van der Waals surface area contributed by atoms with E-state index in [2.05, 4.69) is 11.9 Å². The van der Waals surface area contributed by atoms with Gasteiger partial charge in [0.2, 0.25) is 0 Å². The average molecular weight is 266 g/mol. The zero-order chi connectivity index (χ0) is 14.4. The van der Waals surface area contributed by atoms with E-state index in [4.69, 9.17) is 5.11 Å². The normalized spacial score (nSPS) is 10.5. The van der Waals surface area contributed by atoms with Crippen LogP contribution in [0, 0.1) is 13.8 Å². The van der Waals surface area contributed by atoms with Gasteiger partial charge in [-0.1, -0.05) is 13.3 Å². The molecule has 1 rings (SSSR count). The molecule has 0 saturated heterocycles. The maximum atomic E-state index is 11.4. The predicted octanol–water partition coefficient (Wildman–Crippen LogP) is 2.00. The standard InChI is InChI=1S/C14H22N2O3/c1-4-5-6-16(7-8-17)13-12(14(18)19)10(2)9-11(3)15-13/h9,17H,4-8H2,1-3H3,(H,18,19). The molecule has 5 nitrogen and oxygen atoms in total. The molecule has 0 aliphatic heterocycles. The summed E-state index contributed by atoms with van der Waals surface area (Å²) in [6, 6.07) is 1.77. The molecule has 0 unspecified atom stereocenters. The topological polar surface area (TPSA) is 73.7 Å². The largest absolute Gasteiger partial charge is 0.478 e. The molecule has 5 heteroatoms. The van der Waals surface area contributed by atoms with Gasteiger partial charge in [0.25, 0.3) is 0 Å². The third-order valence-corrected chi connectivity index (χ3v) is 2.99. The Bertz CT molecular complexity index is 447. The maximum absolute atomic E-state index is 11.4. The summed E-state index contributed by atoms with van der Waals surface area (Å²) in [5.74, 6) is -0.507. The zero-order valence-corrected chi connectivity index (χ0v) is 11.8. The van der Waals surface area contributed by atoms with Gasteiger partial charge < -0.3 is 15.1 Å². The third kappa shape index (κ3) is 3.92. The minimum absolute atomic E-state index is 0.0164. The smallest absolute Gasteiger partial charge is 0.339 e. The first-order valence-corrected chi connectivity index (χ1v) is 6.58. The van der Waals surface area contributed by atoms with Crippen LogP contribution in [0.5, 0.6) is 0 Å². The van der Waals surface area contributed by atoms with Crippen molar-refractivity contribution >= 4 is 11.8 Å². The number of aromatic nitrogens is 1. The molecule has 1 aromatic heterocycles. The van der Waals surface area contributed by atoms with Crippen LogP contribution in [0.1, 0.15) is 41.4 Å². The number of aryl methyl sites for hydroxylation is 2. The van der Waals surface area contributed by atoms with Gasteiger partial charge >= 0.3 is 5.97 Å². The fourth-order valence-electron chi connectivity index (χ4n) is 2.10. The molecule has 2 N–H and O–H groups in total. The number of pyridine rings is 1. The molecule has 106 valence electrons. The van der Waals surface area contributed by atoms with E-state index in [0.717, 1.165) is 18.5 Å². The molecule has 0 bridgehead atoms. The Labute approximate surface area is 113 Å². The summed E-state index contributed by atoms with van der Waals surface area (Å²) < 4.78 is 0. The van der Waals surface area contributed by atoms with E-state index in [1.165, 1.54) is 0 Å². The van der Waals surface area contributed by atoms with Crippen LogP contribution in [0.25, 0.3) is 0 Å². The summed E-state index contributed by atoms with van der Waals surface area (Å²) in [6.07, 6.45) is 1.95. The van der Waals surface area contributed by atoms with Gasteiger partial charge in [0.15, 0.2) is 0 Å². The molecule has 0 saturated carbocycles. The highest BCUT2D eigenvalue weighted by atomic mass is 16.4. The number of carboxylic acids is 1. The van der Waals surface area contributed by atoms with Crippen molar-refractivity contribution in [3.63, 3.8) is 0 Å². The first-order valence-electron chi connectivity index (χ1n) is 6.58. The van der Waals surface area contributed by atoms with Crippen molar-refractivity contribution in [3.8, 4) is 0 Å². The Hall–Kier alpha value is -1.62. The molecule has 0 aliphatic rings. The van der Waals surface area contributed by atoms with Crippen LogP contribution in [0.2, 0.25) is 0 Å². The van der Waals surface area contributed by atoms with Crippen LogP contribution in [0.15, 0.2) is 6.07 Å². The van der Waals surface area contributed by atoms with E-state index in [1.807, 2.05) is 11.8 Å². The van der Waals surface area contributed by atoms with Crippen molar-refractivity contribution in [2.24, 2.45) is 0 Å². The van der Waals surface area contributed by atoms with Gasteiger partial charge in [-0.05, 0) is 31.9 Å². The molecule has 0 radical (unpaired) electrons. The quantitative estimate of drug-likeness (QED) is 0.789. The average Bonchev–Trinajstić information content (AvgIpc) is 2.32.